The SMILES string of the molecule is CC(C)N(CC(=O)N1c2ccccc2-n2cccc2C1c1cccc(Cl)c1)C(=O)c1ccc(Cl)c([N+](=O)[O-])c1. The Balaban J connectivity index is 1.56. The molecule has 0 radical (unpaired) electrons. The van der Waals surface area contributed by atoms with Crippen molar-refractivity contribution in [3.05, 3.63) is 122 Å². The molecule has 0 saturated carbocycles. The van der Waals surface area contributed by atoms with Crippen LogP contribution in [-0.4, -0.2) is 38.8 Å². The molecule has 39 heavy (non-hydrogen) atoms. The molecular weight excluding hydrogens is 539 g/mol. The number of anilines is 1. The molecule has 5 rings (SSSR count). The van der Waals surface area contributed by atoms with Crippen LogP contribution in [0.25, 0.3) is 5.69 Å². The number of carbonyl (C=O) groups is 2. The predicted molar refractivity (Wildman–Crippen MR) is 151 cm³/mol. The summed E-state index contributed by atoms with van der Waals surface area (Å²) in [5.41, 5.74) is 2.92. The zero-order valence-corrected chi connectivity index (χ0v) is 22.6. The molecule has 0 saturated heterocycles. The van der Waals surface area contributed by atoms with E-state index in [0.29, 0.717) is 10.7 Å². The summed E-state index contributed by atoms with van der Waals surface area (Å²) in [5.74, 6) is -0.823. The number of carbonyl (C=O) groups excluding carboxylic acids is 2. The number of amides is 2. The smallest absolute Gasteiger partial charge is 0.288 e. The minimum Gasteiger partial charge on any atom is -0.327 e. The first-order valence-electron chi connectivity index (χ1n) is 12.3. The van der Waals surface area contributed by atoms with Crippen LogP contribution >= 0.6 is 23.2 Å². The monoisotopic (exact) mass is 562 g/mol. The van der Waals surface area contributed by atoms with Gasteiger partial charge in [-0.1, -0.05) is 47.5 Å². The Morgan fingerprint density at radius 2 is 1.72 bits per heavy atom. The summed E-state index contributed by atoms with van der Waals surface area (Å²) in [5, 5.41) is 11.9. The molecule has 0 fully saturated rings. The van der Waals surface area contributed by atoms with Gasteiger partial charge in [0.1, 0.15) is 17.6 Å². The number of nitrogens with zero attached hydrogens (tertiary/aromatic N) is 4. The molecule has 0 N–H and O–H groups in total. The molecular formula is C29H24Cl2N4O4. The Labute approximate surface area is 235 Å². The van der Waals surface area contributed by atoms with E-state index < -0.39 is 16.9 Å². The fourth-order valence-corrected chi connectivity index (χ4v) is 5.30. The molecule has 198 valence electrons. The molecule has 3 aromatic carbocycles. The van der Waals surface area contributed by atoms with E-state index in [1.54, 1.807) is 24.8 Å². The first-order chi connectivity index (χ1) is 18.7. The van der Waals surface area contributed by atoms with Crippen LogP contribution in [0.1, 0.15) is 41.5 Å². The fraction of sp³-hybridized carbons (Fsp3) is 0.172. The van der Waals surface area contributed by atoms with Crippen LogP contribution < -0.4 is 4.90 Å². The Kier molecular flexibility index (Phi) is 7.16. The molecule has 0 bridgehead atoms. The number of benzene rings is 3. The molecule has 2 amide bonds. The Morgan fingerprint density at radius 1 is 0.974 bits per heavy atom. The normalized spacial score (nSPS) is 14.1. The largest absolute Gasteiger partial charge is 0.327 e. The average Bonchev–Trinajstić information content (AvgIpc) is 3.40. The topological polar surface area (TPSA) is 88.7 Å². The van der Waals surface area contributed by atoms with Gasteiger partial charge in [-0.05, 0) is 67.9 Å². The number of hydrogen-bond acceptors (Lipinski definition) is 4. The highest BCUT2D eigenvalue weighted by molar-refractivity contribution is 6.32. The van der Waals surface area contributed by atoms with Crippen LogP contribution in [0.4, 0.5) is 11.4 Å². The zero-order valence-electron chi connectivity index (χ0n) is 21.1. The highest BCUT2D eigenvalue weighted by Crippen LogP contribution is 2.42. The van der Waals surface area contributed by atoms with Gasteiger partial charge in [0.05, 0.1) is 22.0 Å². The number of nitro benzene ring substituents is 1. The minimum atomic E-state index is -0.640. The second-order valence-corrected chi connectivity index (χ2v) is 10.3. The van der Waals surface area contributed by atoms with Crippen molar-refractivity contribution in [2.75, 3.05) is 11.4 Å². The Hall–Kier alpha value is -4.14. The number of para-hydroxylation sites is 2. The first-order valence-corrected chi connectivity index (χ1v) is 13.0. The van der Waals surface area contributed by atoms with Crippen molar-refractivity contribution in [2.45, 2.75) is 25.9 Å². The second kappa shape index (κ2) is 10.6. The van der Waals surface area contributed by atoms with Gasteiger partial charge in [0, 0.05) is 28.9 Å². The van der Waals surface area contributed by atoms with Gasteiger partial charge in [-0.3, -0.25) is 24.6 Å². The van der Waals surface area contributed by atoms with Gasteiger partial charge in [-0.2, -0.15) is 0 Å². The highest BCUT2D eigenvalue weighted by atomic mass is 35.5. The number of halogens is 2. The van der Waals surface area contributed by atoms with Gasteiger partial charge >= 0.3 is 0 Å². The summed E-state index contributed by atoms with van der Waals surface area (Å²) >= 11 is 12.3. The molecule has 8 nitrogen and oxygen atoms in total. The lowest BCUT2D eigenvalue weighted by molar-refractivity contribution is -0.384. The van der Waals surface area contributed by atoms with Gasteiger partial charge in [-0.15, -0.1) is 0 Å². The summed E-state index contributed by atoms with van der Waals surface area (Å²) in [7, 11) is 0. The minimum absolute atomic E-state index is 0.0685. The van der Waals surface area contributed by atoms with Gasteiger partial charge in [0.25, 0.3) is 11.6 Å². The predicted octanol–water partition coefficient (Wildman–Crippen LogP) is 6.68. The lowest BCUT2D eigenvalue weighted by atomic mass is 9.97. The maximum absolute atomic E-state index is 14.2. The number of nitro groups is 1. The molecule has 10 heteroatoms. The molecule has 2 heterocycles. The van der Waals surface area contributed by atoms with Gasteiger partial charge in [-0.25, -0.2) is 0 Å². The summed E-state index contributed by atoms with van der Waals surface area (Å²) in [6.07, 6.45) is 1.95. The quantitative estimate of drug-likeness (QED) is 0.193. The van der Waals surface area contributed by atoms with Crippen molar-refractivity contribution in [3.63, 3.8) is 0 Å². The summed E-state index contributed by atoms with van der Waals surface area (Å²) < 4.78 is 2.04. The third-order valence-electron chi connectivity index (χ3n) is 6.73. The highest BCUT2D eigenvalue weighted by Gasteiger charge is 2.37. The molecule has 1 aromatic heterocycles. The summed E-state index contributed by atoms with van der Waals surface area (Å²) in [4.78, 5) is 41.6. The van der Waals surface area contributed by atoms with E-state index >= 15 is 0 Å². The summed E-state index contributed by atoms with van der Waals surface area (Å²) in [6, 6.07) is 21.8. The van der Waals surface area contributed by atoms with Crippen LogP contribution in [0.15, 0.2) is 85.1 Å². The first kappa shape index (κ1) is 26.5. The Morgan fingerprint density at radius 3 is 2.41 bits per heavy atom. The van der Waals surface area contributed by atoms with Crippen molar-refractivity contribution in [1.82, 2.24) is 9.47 Å². The van der Waals surface area contributed by atoms with Gasteiger partial charge in [0.15, 0.2) is 0 Å². The van der Waals surface area contributed by atoms with Crippen molar-refractivity contribution in [2.24, 2.45) is 0 Å². The number of hydrogen-bond donors (Lipinski definition) is 0. The lowest BCUT2D eigenvalue weighted by Gasteiger charge is -2.40. The van der Waals surface area contributed by atoms with E-state index in [4.69, 9.17) is 23.2 Å². The van der Waals surface area contributed by atoms with Crippen molar-refractivity contribution in [1.29, 1.82) is 0 Å². The molecule has 1 unspecified atom stereocenters. The van der Waals surface area contributed by atoms with E-state index in [0.717, 1.165) is 23.0 Å². The van der Waals surface area contributed by atoms with Crippen LogP contribution in [0, 0.1) is 10.1 Å². The van der Waals surface area contributed by atoms with Crippen LogP contribution in [0.2, 0.25) is 10.0 Å². The van der Waals surface area contributed by atoms with Crippen LogP contribution in [0.5, 0.6) is 0 Å². The maximum Gasteiger partial charge on any atom is 0.288 e. The van der Waals surface area contributed by atoms with E-state index in [1.165, 1.54) is 17.0 Å². The van der Waals surface area contributed by atoms with Gasteiger partial charge < -0.3 is 9.47 Å². The lowest BCUT2D eigenvalue weighted by Crippen LogP contribution is -2.48. The second-order valence-electron chi connectivity index (χ2n) is 9.46. The Bertz CT molecular complexity index is 1600. The average molecular weight is 563 g/mol. The van der Waals surface area contributed by atoms with Crippen molar-refractivity contribution < 1.29 is 14.5 Å². The summed E-state index contributed by atoms with van der Waals surface area (Å²) in [6.45, 7) is 3.33. The van der Waals surface area contributed by atoms with Crippen molar-refractivity contribution >= 4 is 46.4 Å². The van der Waals surface area contributed by atoms with E-state index in [2.05, 4.69) is 0 Å². The number of aromatic nitrogens is 1. The third-order valence-corrected chi connectivity index (χ3v) is 7.29. The fourth-order valence-electron chi connectivity index (χ4n) is 4.92. The third kappa shape index (κ3) is 4.89. The number of fused-ring (bicyclic) bond motifs is 3. The maximum atomic E-state index is 14.2. The van der Waals surface area contributed by atoms with Crippen molar-refractivity contribution in [3.8, 4) is 5.69 Å². The standard InChI is InChI=1S/C29H24Cl2N4O4/c1-18(2)33(29(37)20-12-13-22(31)26(16-20)35(38)39)17-27(36)34-24-10-4-3-9-23(24)32-14-6-11-25(32)28(34)19-7-5-8-21(30)15-19/h3-16,18,28H,17H2,1-2H3. The zero-order chi connectivity index (χ0) is 27.8. The molecule has 1 aliphatic rings. The van der Waals surface area contributed by atoms with E-state index in [-0.39, 0.29) is 34.8 Å². The molecule has 0 spiro atoms. The molecule has 0 aliphatic carbocycles. The van der Waals surface area contributed by atoms with Crippen LogP contribution in [0.3, 0.4) is 0 Å². The number of rotatable bonds is 6. The van der Waals surface area contributed by atoms with E-state index in [9.17, 15) is 19.7 Å². The molecule has 4 aromatic rings. The van der Waals surface area contributed by atoms with Gasteiger partial charge in [0.2, 0.25) is 5.91 Å². The van der Waals surface area contributed by atoms with Crippen LogP contribution in [-0.2, 0) is 4.79 Å². The molecule has 1 aliphatic heterocycles. The molecule has 1 atom stereocenters. The van der Waals surface area contributed by atoms with E-state index in [1.807, 2.05) is 65.4 Å².